The van der Waals surface area contributed by atoms with Gasteiger partial charge in [0.25, 0.3) is 0 Å². The molecule has 0 unspecified atom stereocenters. The van der Waals surface area contributed by atoms with Gasteiger partial charge in [-0.15, -0.1) is 5.10 Å². The Balaban J connectivity index is 2.04. The predicted octanol–water partition coefficient (Wildman–Crippen LogP) is -2.10. The molecule has 10 nitrogen and oxygen atoms in total. The second-order valence-corrected chi connectivity index (χ2v) is 5.03. The molecule has 3 rings (SSSR count). The Labute approximate surface area is 119 Å². The lowest BCUT2D eigenvalue weighted by Crippen LogP contribution is -2.33. The van der Waals surface area contributed by atoms with Gasteiger partial charge in [-0.05, 0) is 0 Å². The number of ether oxygens (including phenoxy) is 1. The smallest absolute Gasteiger partial charge is 0.186 e. The van der Waals surface area contributed by atoms with Crippen molar-refractivity contribution in [1.82, 2.24) is 25.0 Å². The van der Waals surface area contributed by atoms with Crippen molar-refractivity contribution in [3.8, 4) is 0 Å². The van der Waals surface area contributed by atoms with Crippen LogP contribution in [-0.2, 0) is 4.74 Å². The SMILES string of the molecule is CN(C)c1ncnc2c1nnn2[C@@H]1O[C@@H](CO)[C@@H](O)[C@@H]1O. The van der Waals surface area contributed by atoms with Crippen molar-refractivity contribution in [3.63, 3.8) is 0 Å². The Hall–Kier alpha value is -1.88. The fourth-order valence-electron chi connectivity index (χ4n) is 2.33. The molecule has 2 aromatic rings. The van der Waals surface area contributed by atoms with E-state index in [0.717, 1.165) is 0 Å². The maximum atomic E-state index is 10.0. The molecule has 21 heavy (non-hydrogen) atoms. The Kier molecular flexibility index (Phi) is 3.45. The number of anilines is 1. The predicted molar refractivity (Wildman–Crippen MR) is 70.5 cm³/mol. The molecule has 1 saturated heterocycles. The Morgan fingerprint density at radius 3 is 2.67 bits per heavy atom. The molecule has 0 radical (unpaired) electrons. The van der Waals surface area contributed by atoms with Crippen LogP contribution < -0.4 is 4.90 Å². The van der Waals surface area contributed by atoms with Gasteiger partial charge >= 0.3 is 0 Å². The van der Waals surface area contributed by atoms with Crippen molar-refractivity contribution >= 4 is 17.0 Å². The number of nitrogens with zero attached hydrogens (tertiary/aromatic N) is 6. The summed E-state index contributed by atoms with van der Waals surface area (Å²) in [5.74, 6) is 0.581. The molecule has 114 valence electrons. The van der Waals surface area contributed by atoms with E-state index in [1.54, 1.807) is 4.90 Å². The fourth-order valence-corrected chi connectivity index (χ4v) is 2.33. The average Bonchev–Trinajstić information content (AvgIpc) is 3.01. The number of hydrogen-bond acceptors (Lipinski definition) is 9. The van der Waals surface area contributed by atoms with Gasteiger partial charge in [0.15, 0.2) is 23.2 Å². The molecule has 0 aliphatic carbocycles. The van der Waals surface area contributed by atoms with Gasteiger partial charge in [0.05, 0.1) is 6.61 Å². The van der Waals surface area contributed by atoms with Crippen LogP contribution in [0.4, 0.5) is 5.82 Å². The van der Waals surface area contributed by atoms with Crippen LogP contribution in [0.3, 0.4) is 0 Å². The van der Waals surface area contributed by atoms with E-state index in [-0.39, 0.29) is 0 Å². The third-order valence-electron chi connectivity index (χ3n) is 3.42. The summed E-state index contributed by atoms with van der Waals surface area (Å²) in [6.07, 6.45) is -2.91. The summed E-state index contributed by atoms with van der Waals surface area (Å²) < 4.78 is 6.71. The molecule has 0 bridgehead atoms. The Morgan fingerprint density at radius 2 is 2.05 bits per heavy atom. The monoisotopic (exact) mass is 296 g/mol. The van der Waals surface area contributed by atoms with Crippen molar-refractivity contribution in [2.45, 2.75) is 24.5 Å². The molecule has 3 heterocycles. The lowest BCUT2D eigenvalue weighted by molar-refractivity contribution is -0.0574. The summed E-state index contributed by atoms with van der Waals surface area (Å²) >= 11 is 0. The van der Waals surface area contributed by atoms with Gasteiger partial charge in [0.2, 0.25) is 0 Å². The standard InChI is InChI=1S/C11H16N6O4/c1-16(2)9-6-10(13-4-12-9)17(15-14-6)11-8(20)7(19)5(3-18)21-11/h4-5,7-8,11,18-20H,3H2,1-2H3/t5-,7+,8-,11+/m0/s1. The largest absolute Gasteiger partial charge is 0.394 e. The second-order valence-electron chi connectivity index (χ2n) is 5.03. The van der Waals surface area contributed by atoms with E-state index >= 15 is 0 Å². The first-order valence-corrected chi connectivity index (χ1v) is 6.40. The molecule has 0 spiro atoms. The van der Waals surface area contributed by atoms with Crippen LogP contribution in [-0.4, -0.2) is 79.3 Å². The maximum Gasteiger partial charge on any atom is 0.186 e. The highest BCUT2D eigenvalue weighted by molar-refractivity contribution is 5.82. The summed E-state index contributed by atoms with van der Waals surface area (Å²) in [5, 5.41) is 36.9. The number of fused-ring (bicyclic) bond motifs is 1. The summed E-state index contributed by atoms with van der Waals surface area (Å²) in [6, 6.07) is 0. The van der Waals surface area contributed by atoms with Crippen LogP contribution in [0.2, 0.25) is 0 Å². The van der Waals surface area contributed by atoms with Crippen LogP contribution in [0.1, 0.15) is 6.23 Å². The highest BCUT2D eigenvalue weighted by Gasteiger charge is 2.44. The average molecular weight is 296 g/mol. The lowest BCUT2D eigenvalue weighted by Gasteiger charge is -2.15. The number of hydrogen-bond donors (Lipinski definition) is 3. The molecule has 1 aliphatic heterocycles. The zero-order valence-corrected chi connectivity index (χ0v) is 11.5. The minimum atomic E-state index is -1.23. The van der Waals surface area contributed by atoms with E-state index in [4.69, 9.17) is 9.84 Å². The van der Waals surface area contributed by atoms with Gasteiger partial charge in [0, 0.05) is 14.1 Å². The van der Waals surface area contributed by atoms with Gasteiger partial charge in [-0.3, -0.25) is 0 Å². The molecule has 0 amide bonds. The zero-order chi connectivity index (χ0) is 15.1. The molecule has 3 N–H and O–H groups in total. The Morgan fingerprint density at radius 1 is 1.29 bits per heavy atom. The maximum absolute atomic E-state index is 10.0. The van der Waals surface area contributed by atoms with Gasteiger partial charge in [-0.2, -0.15) is 4.68 Å². The highest BCUT2D eigenvalue weighted by Crippen LogP contribution is 2.31. The molecule has 0 aromatic carbocycles. The first kappa shape index (κ1) is 14.1. The molecule has 10 heteroatoms. The summed E-state index contributed by atoms with van der Waals surface area (Å²) in [7, 11) is 3.63. The van der Waals surface area contributed by atoms with Crippen molar-refractivity contribution in [2.24, 2.45) is 0 Å². The van der Waals surface area contributed by atoms with Crippen molar-refractivity contribution < 1.29 is 20.1 Å². The van der Waals surface area contributed by atoms with Gasteiger partial charge in [0.1, 0.15) is 24.6 Å². The van der Waals surface area contributed by atoms with Crippen LogP contribution in [0.5, 0.6) is 0 Å². The van der Waals surface area contributed by atoms with Crippen LogP contribution in [0.15, 0.2) is 6.33 Å². The third kappa shape index (κ3) is 2.12. The van der Waals surface area contributed by atoms with Crippen molar-refractivity contribution in [1.29, 1.82) is 0 Å². The van der Waals surface area contributed by atoms with E-state index in [1.807, 2.05) is 14.1 Å². The van der Waals surface area contributed by atoms with Gasteiger partial charge in [-0.1, -0.05) is 5.21 Å². The van der Waals surface area contributed by atoms with E-state index < -0.39 is 31.1 Å². The summed E-state index contributed by atoms with van der Waals surface area (Å²) in [5.41, 5.74) is 0.837. The van der Waals surface area contributed by atoms with Crippen molar-refractivity contribution in [3.05, 3.63) is 6.33 Å². The van der Waals surface area contributed by atoms with Gasteiger partial charge < -0.3 is 25.0 Å². The third-order valence-corrected chi connectivity index (χ3v) is 3.42. The van der Waals surface area contributed by atoms with Gasteiger partial charge in [-0.25, -0.2) is 9.97 Å². The number of aliphatic hydroxyl groups is 3. The molecule has 0 saturated carbocycles. The molecule has 4 atom stereocenters. The van der Waals surface area contributed by atoms with E-state index in [0.29, 0.717) is 17.0 Å². The molecule has 1 aliphatic rings. The summed E-state index contributed by atoms with van der Waals surface area (Å²) in [6.45, 7) is -0.403. The fraction of sp³-hybridized carbons (Fsp3) is 0.636. The highest BCUT2D eigenvalue weighted by atomic mass is 16.6. The first-order chi connectivity index (χ1) is 10.0. The van der Waals surface area contributed by atoms with Crippen LogP contribution in [0, 0.1) is 0 Å². The summed E-state index contributed by atoms with van der Waals surface area (Å²) in [4.78, 5) is 9.99. The quantitative estimate of drug-likeness (QED) is 0.583. The van der Waals surface area contributed by atoms with E-state index in [2.05, 4.69) is 20.3 Å². The van der Waals surface area contributed by atoms with Crippen LogP contribution in [0.25, 0.3) is 11.2 Å². The van der Waals surface area contributed by atoms with E-state index in [9.17, 15) is 10.2 Å². The van der Waals surface area contributed by atoms with E-state index in [1.165, 1.54) is 11.0 Å². The molecular weight excluding hydrogens is 280 g/mol. The van der Waals surface area contributed by atoms with Crippen molar-refractivity contribution in [2.75, 3.05) is 25.6 Å². The number of aliphatic hydroxyl groups excluding tert-OH is 3. The second kappa shape index (κ2) is 5.15. The van der Waals surface area contributed by atoms with Crippen LogP contribution >= 0.6 is 0 Å². The Bertz CT molecular complexity index is 647. The first-order valence-electron chi connectivity index (χ1n) is 6.40. The lowest BCUT2D eigenvalue weighted by atomic mass is 10.1. The topological polar surface area (TPSA) is 130 Å². The number of aromatic nitrogens is 5. The molecule has 1 fully saturated rings. The minimum Gasteiger partial charge on any atom is -0.394 e. The molecule has 2 aromatic heterocycles. The zero-order valence-electron chi connectivity index (χ0n) is 11.5. The minimum absolute atomic E-state index is 0.378. The normalized spacial score (nSPS) is 29.2. The molecular formula is C11H16N6O4. The number of rotatable bonds is 3.